The van der Waals surface area contributed by atoms with E-state index in [2.05, 4.69) is 41.4 Å². The van der Waals surface area contributed by atoms with Crippen LogP contribution in [-0.2, 0) is 12.8 Å². The minimum Gasteiger partial charge on any atom is -0.207 e. The topological polar surface area (TPSA) is 24.7 Å². The molecule has 126 valence electrons. The summed E-state index contributed by atoms with van der Waals surface area (Å²) >= 11 is 0. The van der Waals surface area contributed by atoms with Crippen molar-refractivity contribution >= 4 is 12.4 Å². The molecule has 0 unspecified atom stereocenters. The smallest absolute Gasteiger partial charge is 0.127 e. The fourth-order valence-corrected chi connectivity index (χ4v) is 2.48. The Morgan fingerprint density at radius 2 is 1.54 bits per heavy atom. The lowest BCUT2D eigenvalue weighted by atomic mass is 10.1. The molecule has 3 heteroatoms. The van der Waals surface area contributed by atoms with E-state index in [4.69, 9.17) is 0 Å². The van der Waals surface area contributed by atoms with Crippen molar-refractivity contribution in [2.24, 2.45) is 10.2 Å². The zero-order valence-electron chi connectivity index (χ0n) is 14.5. The molecule has 2 aromatic carbocycles. The Morgan fingerprint density at radius 1 is 0.875 bits per heavy atom. The highest BCUT2D eigenvalue weighted by molar-refractivity contribution is 5.82. The van der Waals surface area contributed by atoms with Gasteiger partial charge in [-0.15, -0.1) is 0 Å². The van der Waals surface area contributed by atoms with Gasteiger partial charge in [-0.2, -0.15) is 10.2 Å². The zero-order valence-corrected chi connectivity index (χ0v) is 14.5. The molecule has 0 amide bonds. The van der Waals surface area contributed by atoms with Crippen LogP contribution in [0.1, 0.15) is 55.4 Å². The first kappa shape index (κ1) is 18.1. The van der Waals surface area contributed by atoms with Crippen molar-refractivity contribution < 1.29 is 4.39 Å². The Morgan fingerprint density at radius 3 is 2.17 bits per heavy atom. The van der Waals surface area contributed by atoms with Crippen molar-refractivity contribution in [2.45, 2.75) is 46.0 Å². The second-order valence-corrected chi connectivity index (χ2v) is 5.89. The first-order chi connectivity index (χ1) is 11.7. The molecule has 0 bridgehead atoms. The third-order valence-electron chi connectivity index (χ3n) is 3.99. The fourth-order valence-electron chi connectivity index (χ4n) is 2.48. The van der Waals surface area contributed by atoms with Crippen LogP contribution in [0.2, 0.25) is 0 Å². The molecule has 24 heavy (non-hydrogen) atoms. The highest BCUT2D eigenvalue weighted by atomic mass is 19.1. The molecule has 0 aliphatic carbocycles. The maximum atomic E-state index is 13.7. The van der Waals surface area contributed by atoms with Crippen molar-refractivity contribution in [2.75, 3.05) is 0 Å². The molecule has 0 radical (unpaired) electrons. The van der Waals surface area contributed by atoms with Crippen LogP contribution in [0.5, 0.6) is 0 Å². The highest BCUT2D eigenvalue weighted by Crippen LogP contribution is 2.10. The van der Waals surface area contributed by atoms with Crippen LogP contribution >= 0.6 is 0 Å². The zero-order chi connectivity index (χ0) is 17.2. The number of halogens is 1. The third-order valence-corrected chi connectivity index (χ3v) is 3.99. The first-order valence-electron chi connectivity index (χ1n) is 8.66. The predicted octanol–water partition coefficient (Wildman–Crippen LogP) is 5.57. The molecule has 0 saturated carbocycles. The summed E-state index contributed by atoms with van der Waals surface area (Å²) < 4.78 is 13.7. The fraction of sp³-hybridized carbons (Fsp3) is 0.333. The molecule has 0 heterocycles. The van der Waals surface area contributed by atoms with E-state index < -0.39 is 0 Å². The quantitative estimate of drug-likeness (QED) is 0.344. The van der Waals surface area contributed by atoms with Crippen molar-refractivity contribution in [1.29, 1.82) is 0 Å². The van der Waals surface area contributed by atoms with E-state index in [0.29, 0.717) is 12.0 Å². The van der Waals surface area contributed by atoms with Crippen LogP contribution in [0.4, 0.5) is 4.39 Å². The van der Waals surface area contributed by atoms with E-state index in [1.807, 2.05) is 13.0 Å². The molecule has 0 aliphatic heterocycles. The maximum absolute atomic E-state index is 13.7. The van der Waals surface area contributed by atoms with Gasteiger partial charge in [-0.3, -0.25) is 0 Å². The van der Waals surface area contributed by atoms with Crippen molar-refractivity contribution in [1.82, 2.24) is 0 Å². The van der Waals surface area contributed by atoms with Crippen LogP contribution in [0.3, 0.4) is 0 Å². The summed E-state index contributed by atoms with van der Waals surface area (Å²) in [6, 6.07) is 13.5. The van der Waals surface area contributed by atoms with Crippen LogP contribution in [0, 0.1) is 5.82 Å². The molecule has 0 atom stereocenters. The van der Waals surface area contributed by atoms with Gasteiger partial charge in [-0.05, 0) is 47.6 Å². The summed E-state index contributed by atoms with van der Waals surface area (Å²) in [5.74, 6) is -0.191. The molecule has 0 saturated heterocycles. The molecular formula is C21H25FN2. The maximum Gasteiger partial charge on any atom is 0.127 e. The largest absolute Gasteiger partial charge is 0.207 e. The minimum absolute atomic E-state index is 0.191. The summed E-state index contributed by atoms with van der Waals surface area (Å²) in [6.45, 7) is 4.15. The van der Waals surface area contributed by atoms with E-state index >= 15 is 0 Å². The lowest BCUT2D eigenvalue weighted by molar-refractivity contribution is 0.612. The summed E-state index contributed by atoms with van der Waals surface area (Å²) in [5, 5.41) is 8.03. The number of hydrogen-bond acceptors (Lipinski definition) is 2. The van der Waals surface area contributed by atoms with Gasteiger partial charge in [-0.25, -0.2) is 4.39 Å². The Hall–Kier alpha value is -2.29. The molecule has 2 aromatic rings. The van der Waals surface area contributed by atoms with Gasteiger partial charge in [0, 0.05) is 0 Å². The summed E-state index contributed by atoms with van der Waals surface area (Å²) in [5.41, 5.74) is 3.80. The second kappa shape index (κ2) is 9.76. The Labute approximate surface area is 144 Å². The Bertz CT molecular complexity index is 687. The van der Waals surface area contributed by atoms with E-state index in [9.17, 15) is 4.39 Å². The van der Waals surface area contributed by atoms with Gasteiger partial charge in [0.1, 0.15) is 5.82 Å². The molecule has 2 nitrogen and oxygen atoms in total. The normalized spacial score (nSPS) is 11.6. The third kappa shape index (κ3) is 5.73. The standard InChI is InChI=1S/C21H25FN2/c1-3-5-6-7-17-8-10-18(11-9-17)15-23-24-16-19-12-13-20(4-2)21(22)14-19/h8-16H,3-7H2,1-2H3/b23-15+,24-16+. The number of unbranched alkanes of at least 4 members (excludes halogenated alkanes) is 2. The minimum atomic E-state index is -0.191. The molecule has 0 spiro atoms. The molecule has 0 N–H and O–H groups in total. The average Bonchev–Trinajstić information content (AvgIpc) is 2.60. The van der Waals surface area contributed by atoms with Crippen LogP contribution in [-0.4, -0.2) is 12.4 Å². The molecule has 0 fully saturated rings. The SMILES string of the molecule is CCCCCc1ccc(/C=N/N=C/c2ccc(CC)c(F)c2)cc1. The van der Waals surface area contributed by atoms with Gasteiger partial charge >= 0.3 is 0 Å². The van der Waals surface area contributed by atoms with Gasteiger partial charge in [0.25, 0.3) is 0 Å². The summed E-state index contributed by atoms with van der Waals surface area (Å²) in [4.78, 5) is 0. The van der Waals surface area contributed by atoms with E-state index in [1.54, 1.807) is 18.5 Å². The number of nitrogens with zero attached hydrogens (tertiary/aromatic N) is 2. The van der Waals surface area contributed by atoms with Gasteiger partial charge in [0.05, 0.1) is 12.4 Å². The lowest BCUT2D eigenvalue weighted by Gasteiger charge is -2.00. The number of rotatable bonds is 8. The molecule has 2 rings (SSSR count). The van der Waals surface area contributed by atoms with E-state index in [-0.39, 0.29) is 5.82 Å². The van der Waals surface area contributed by atoms with Crippen LogP contribution in [0.25, 0.3) is 0 Å². The number of aryl methyl sites for hydroxylation is 2. The van der Waals surface area contributed by atoms with E-state index in [0.717, 1.165) is 17.5 Å². The highest BCUT2D eigenvalue weighted by Gasteiger charge is 1.99. The van der Waals surface area contributed by atoms with Gasteiger partial charge in [-0.1, -0.05) is 63.1 Å². The van der Waals surface area contributed by atoms with E-state index in [1.165, 1.54) is 30.9 Å². The molecule has 0 aliphatic rings. The number of benzene rings is 2. The predicted molar refractivity (Wildman–Crippen MR) is 101 cm³/mol. The molecule has 0 aromatic heterocycles. The van der Waals surface area contributed by atoms with Gasteiger partial charge < -0.3 is 0 Å². The molecular weight excluding hydrogens is 299 g/mol. The number of hydrogen-bond donors (Lipinski definition) is 0. The van der Waals surface area contributed by atoms with Crippen molar-refractivity contribution in [3.8, 4) is 0 Å². The Balaban J connectivity index is 1.90. The van der Waals surface area contributed by atoms with Crippen molar-refractivity contribution in [3.63, 3.8) is 0 Å². The van der Waals surface area contributed by atoms with Crippen molar-refractivity contribution in [3.05, 3.63) is 70.5 Å². The first-order valence-corrected chi connectivity index (χ1v) is 8.66. The van der Waals surface area contributed by atoms with Gasteiger partial charge in [0.15, 0.2) is 0 Å². The lowest BCUT2D eigenvalue weighted by Crippen LogP contribution is -1.90. The Kier molecular flexibility index (Phi) is 7.34. The van der Waals surface area contributed by atoms with Crippen LogP contribution < -0.4 is 0 Å². The second-order valence-electron chi connectivity index (χ2n) is 5.89. The van der Waals surface area contributed by atoms with Gasteiger partial charge in [0.2, 0.25) is 0 Å². The average molecular weight is 324 g/mol. The monoisotopic (exact) mass is 324 g/mol. The summed E-state index contributed by atoms with van der Waals surface area (Å²) in [7, 11) is 0. The van der Waals surface area contributed by atoms with Crippen LogP contribution in [0.15, 0.2) is 52.7 Å². The summed E-state index contributed by atoms with van der Waals surface area (Å²) in [6.07, 6.45) is 8.85.